The van der Waals surface area contributed by atoms with E-state index >= 15 is 0 Å². The molecule has 4 aromatic carbocycles. The van der Waals surface area contributed by atoms with Gasteiger partial charge in [-0.05, 0) is 41.9 Å². The maximum absolute atomic E-state index is 5.09. The summed E-state index contributed by atoms with van der Waals surface area (Å²) in [5, 5.41) is 0. The molecule has 0 saturated carbocycles. The molecule has 0 spiro atoms. The standard InChI is InChI=1S/C26H18BN5/c1-3-11-19(12-4-1)27-31-23-17-9-7-15-21(23)28-25(31)30(20-13-5-2-6-14-20)26-29-22-16-8-10-18-24(22)32(26)27/h1-18H. The Morgan fingerprint density at radius 1 is 0.500 bits per heavy atom. The number of benzene rings is 4. The number of fused-ring (bicyclic) bond motifs is 6. The smallest absolute Gasteiger partial charge is 0.329 e. The average molecular weight is 411 g/mol. The molecular formula is C26H18BN5. The lowest BCUT2D eigenvalue weighted by Crippen LogP contribution is -2.50. The van der Waals surface area contributed by atoms with Gasteiger partial charge in [0.25, 0.3) is 0 Å². The molecule has 0 aliphatic carbocycles. The molecule has 1 aliphatic rings. The van der Waals surface area contributed by atoms with Crippen molar-refractivity contribution in [2.24, 2.45) is 0 Å². The van der Waals surface area contributed by atoms with Gasteiger partial charge < -0.3 is 8.96 Å². The van der Waals surface area contributed by atoms with Gasteiger partial charge in [-0.1, -0.05) is 72.8 Å². The first-order chi connectivity index (χ1) is 15.9. The molecule has 0 amide bonds. The molecule has 0 unspecified atom stereocenters. The highest BCUT2D eigenvalue weighted by atomic mass is 15.4. The highest BCUT2D eigenvalue weighted by Gasteiger charge is 2.40. The Bertz CT molecular complexity index is 1500. The van der Waals surface area contributed by atoms with E-state index in [9.17, 15) is 0 Å². The zero-order valence-corrected chi connectivity index (χ0v) is 17.2. The lowest BCUT2D eigenvalue weighted by molar-refractivity contribution is 0.961. The number of nitrogens with zero attached hydrogens (tertiary/aromatic N) is 5. The van der Waals surface area contributed by atoms with Gasteiger partial charge in [0.1, 0.15) is 0 Å². The van der Waals surface area contributed by atoms with Crippen LogP contribution in [0.2, 0.25) is 0 Å². The molecule has 0 N–H and O–H groups in total. The van der Waals surface area contributed by atoms with Crippen LogP contribution in [0.4, 0.5) is 17.6 Å². The Morgan fingerprint density at radius 2 is 0.969 bits per heavy atom. The van der Waals surface area contributed by atoms with Crippen molar-refractivity contribution < 1.29 is 0 Å². The molecule has 1 aliphatic heterocycles. The van der Waals surface area contributed by atoms with Crippen molar-refractivity contribution in [1.29, 1.82) is 0 Å². The van der Waals surface area contributed by atoms with E-state index in [0.29, 0.717) is 0 Å². The SMILES string of the molecule is c1ccc(B2n3c(nc4ccccc43)N(c3ccccc3)c3nc4ccccc4n32)cc1. The Balaban J connectivity index is 1.65. The van der Waals surface area contributed by atoms with E-state index < -0.39 is 0 Å². The number of rotatable bonds is 2. The van der Waals surface area contributed by atoms with Crippen LogP contribution in [0.3, 0.4) is 0 Å². The largest absolute Gasteiger partial charge is 0.425 e. The fourth-order valence-electron chi connectivity index (χ4n) is 4.80. The highest BCUT2D eigenvalue weighted by molar-refractivity contribution is 6.73. The van der Waals surface area contributed by atoms with Crippen LogP contribution in [-0.2, 0) is 0 Å². The second-order valence-electron chi connectivity index (χ2n) is 8.00. The Hall–Kier alpha value is -4.32. The molecule has 32 heavy (non-hydrogen) atoms. The van der Waals surface area contributed by atoms with E-state index in [1.165, 1.54) is 5.46 Å². The number of para-hydroxylation sites is 5. The van der Waals surface area contributed by atoms with Crippen LogP contribution < -0.4 is 10.4 Å². The molecular weight excluding hydrogens is 393 g/mol. The molecule has 0 fully saturated rings. The fraction of sp³-hybridized carbons (Fsp3) is 0. The second kappa shape index (κ2) is 6.59. The van der Waals surface area contributed by atoms with Gasteiger partial charge in [0.05, 0.1) is 27.8 Å². The first-order valence-electron chi connectivity index (χ1n) is 10.7. The number of hydrogen-bond acceptors (Lipinski definition) is 3. The third-order valence-electron chi connectivity index (χ3n) is 6.16. The van der Waals surface area contributed by atoms with Gasteiger partial charge in [-0.25, -0.2) is 9.97 Å². The Labute approximate surface area is 185 Å². The van der Waals surface area contributed by atoms with Crippen LogP contribution in [0, 0.1) is 0 Å². The number of anilines is 3. The topological polar surface area (TPSA) is 38.9 Å². The maximum Gasteiger partial charge on any atom is 0.425 e. The molecule has 6 aromatic rings. The highest BCUT2D eigenvalue weighted by Crippen LogP contribution is 2.41. The zero-order chi connectivity index (χ0) is 21.1. The molecule has 0 bridgehead atoms. The van der Waals surface area contributed by atoms with Gasteiger partial charge in [-0.3, -0.25) is 4.90 Å². The van der Waals surface area contributed by atoms with Crippen molar-refractivity contribution in [2.75, 3.05) is 4.90 Å². The van der Waals surface area contributed by atoms with Gasteiger partial charge in [0, 0.05) is 0 Å². The van der Waals surface area contributed by atoms with Crippen molar-refractivity contribution in [3.8, 4) is 0 Å². The minimum atomic E-state index is -0.0963. The molecule has 0 radical (unpaired) electrons. The lowest BCUT2D eigenvalue weighted by Gasteiger charge is -2.34. The van der Waals surface area contributed by atoms with Crippen LogP contribution in [0.15, 0.2) is 109 Å². The van der Waals surface area contributed by atoms with Gasteiger partial charge in [-0.2, -0.15) is 0 Å². The van der Waals surface area contributed by atoms with Gasteiger partial charge in [-0.15, -0.1) is 0 Å². The minimum Gasteiger partial charge on any atom is -0.329 e. The van der Waals surface area contributed by atoms with Crippen molar-refractivity contribution in [3.05, 3.63) is 109 Å². The lowest BCUT2D eigenvalue weighted by atomic mass is 9.66. The molecule has 150 valence electrons. The van der Waals surface area contributed by atoms with Crippen molar-refractivity contribution >= 4 is 52.1 Å². The van der Waals surface area contributed by atoms with Crippen molar-refractivity contribution in [2.45, 2.75) is 0 Å². The van der Waals surface area contributed by atoms with Gasteiger partial charge in [0.2, 0.25) is 11.9 Å². The van der Waals surface area contributed by atoms with Crippen LogP contribution in [0.1, 0.15) is 0 Å². The summed E-state index contributed by atoms with van der Waals surface area (Å²) in [7, 11) is 0. The fourth-order valence-corrected chi connectivity index (χ4v) is 4.80. The summed E-state index contributed by atoms with van der Waals surface area (Å²) in [6, 6.07) is 37.6. The van der Waals surface area contributed by atoms with Gasteiger partial charge >= 0.3 is 6.98 Å². The van der Waals surface area contributed by atoms with E-state index in [0.717, 1.165) is 39.7 Å². The summed E-state index contributed by atoms with van der Waals surface area (Å²) in [4.78, 5) is 12.3. The predicted molar refractivity (Wildman–Crippen MR) is 130 cm³/mol. The van der Waals surface area contributed by atoms with Crippen molar-refractivity contribution in [1.82, 2.24) is 18.9 Å². The number of imidazole rings is 2. The van der Waals surface area contributed by atoms with E-state index in [-0.39, 0.29) is 6.98 Å². The Morgan fingerprint density at radius 3 is 1.53 bits per heavy atom. The summed E-state index contributed by atoms with van der Waals surface area (Å²) in [5.74, 6) is 1.74. The monoisotopic (exact) mass is 411 g/mol. The predicted octanol–water partition coefficient (Wildman–Crippen LogP) is 4.96. The zero-order valence-electron chi connectivity index (χ0n) is 17.2. The molecule has 7 rings (SSSR count). The van der Waals surface area contributed by atoms with Crippen LogP contribution in [0.5, 0.6) is 0 Å². The number of aromatic nitrogens is 4. The molecule has 2 aromatic heterocycles. The maximum atomic E-state index is 5.09. The molecule has 0 atom stereocenters. The van der Waals surface area contributed by atoms with E-state index in [1.54, 1.807) is 0 Å². The average Bonchev–Trinajstić information content (AvgIpc) is 3.42. The molecule has 6 heteroatoms. The minimum absolute atomic E-state index is 0.0963. The van der Waals surface area contributed by atoms with E-state index in [4.69, 9.17) is 9.97 Å². The van der Waals surface area contributed by atoms with E-state index in [2.05, 4.69) is 105 Å². The second-order valence-corrected chi connectivity index (χ2v) is 8.00. The first kappa shape index (κ1) is 17.4. The summed E-state index contributed by atoms with van der Waals surface area (Å²) in [6.07, 6.45) is 0. The summed E-state index contributed by atoms with van der Waals surface area (Å²) in [6.45, 7) is -0.0963. The first-order valence-corrected chi connectivity index (χ1v) is 10.7. The summed E-state index contributed by atoms with van der Waals surface area (Å²) in [5.41, 5.74) is 6.36. The normalized spacial score (nSPS) is 12.9. The summed E-state index contributed by atoms with van der Waals surface area (Å²) < 4.78 is 4.66. The van der Waals surface area contributed by atoms with E-state index in [1.807, 2.05) is 18.2 Å². The van der Waals surface area contributed by atoms with Gasteiger partial charge in [0.15, 0.2) is 0 Å². The summed E-state index contributed by atoms with van der Waals surface area (Å²) >= 11 is 0. The quantitative estimate of drug-likeness (QED) is 0.378. The third kappa shape index (κ3) is 2.35. The molecule has 5 nitrogen and oxygen atoms in total. The number of hydrogen-bond donors (Lipinski definition) is 0. The van der Waals surface area contributed by atoms with Crippen LogP contribution in [0.25, 0.3) is 22.1 Å². The van der Waals surface area contributed by atoms with Crippen molar-refractivity contribution in [3.63, 3.8) is 0 Å². The Kier molecular flexibility index (Phi) is 3.58. The third-order valence-corrected chi connectivity index (χ3v) is 6.16. The molecule has 0 saturated heterocycles. The van der Waals surface area contributed by atoms with Crippen LogP contribution in [-0.4, -0.2) is 25.9 Å². The molecule has 3 heterocycles. The van der Waals surface area contributed by atoms with Crippen LogP contribution >= 0.6 is 0 Å².